The lowest BCUT2D eigenvalue weighted by Gasteiger charge is -2.31. The van der Waals surface area contributed by atoms with Crippen molar-refractivity contribution in [2.45, 2.75) is 58.8 Å². The Balaban J connectivity index is 1.67. The summed E-state index contributed by atoms with van der Waals surface area (Å²) in [6.07, 6.45) is 4.32. The zero-order valence-corrected chi connectivity index (χ0v) is 14.2. The van der Waals surface area contributed by atoms with Gasteiger partial charge in [0.1, 0.15) is 0 Å². The standard InChI is InChI=1S/C16H27N3OS/c1-4-14-15(8-17-7-11(2)3)21-16(18-14)19-9-12-5-6-13(10-19)20-12/h11-13,17H,4-10H2,1-3H3. The molecule has 1 aromatic heterocycles. The SMILES string of the molecule is CCc1nc(N2CC3CCC(C2)O3)sc1CNCC(C)C. The third-order valence-corrected chi connectivity index (χ3v) is 5.41. The van der Waals surface area contributed by atoms with Crippen LogP contribution >= 0.6 is 11.3 Å². The van der Waals surface area contributed by atoms with Crippen LogP contribution in [0, 0.1) is 5.92 Å². The number of fused-ring (bicyclic) bond motifs is 2. The Kier molecular flexibility index (Phi) is 4.82. The van der Waals surface area contributed by atoms with Gasteiger partial charge in [-0.05, 0) is 31.7 Å². The molecule has 0 radical (unpaired) electrons. The van der Waals surface area contributed by atoms with Gasteiger partial charge >= 0.3 is 0 Å². The number of nitrogens with one attached hydrogen (secondary N) is 1. The molecule has 0 spiro atoms. The lowest BCUT2D eigenvalue weighted by molar-refractivity contribution is 0.0305. The minimum absolute atomic E-state index is 0.431. The van der Waals surface area contributed by atoms with Gasteiger partial charge in [-0.15, -0.1) is 11.3 Å². The summed E-state index contributed by atoms with van der Waals surface area (Å²) < 4.78 is 5.93. The Morgan fingerprint density at radius 3 is 2.67 bits per heavy atom. The van der Waals surface area contributed by atoms with E-state index in [4.69, 9.17) is 9.72 Å². The van der Waals surface area contributed by atoms with Gasteiger partial charge in [-0.25, -0.2) is 4.98 Å². The topological polar surface area (TPSA) is 37.4 Å². The quantitative estimate of drug-likeness (QED) is 0.877. The largest absolute Gasteiger partial charge is 0.371 e. The van der Waals surface area contributed by atoms with E-state index in [0.29, 0.717) is 18.1 Å². The molecule has 2 atom stereocenters. The number of aromatic nitrogens is 1. The molecule has 1 N–H and O–H groups in total. The van der Waals surface area contributed by atoms with E-state index >= 15 is 0 Å². The smallest absolute Gasteiger partial charge is 0.186 e. The molecule has 5 heteroatoms. The lowest BCUT2D eigenvalue weighted by atomic mass is 10.2. The normalized spacial score (nSPS) is 25.0. The average Bonchev–Trinajstić information content (AvgIpc) is 3.02. The molecular formula is C16H27N3OS. The number of hydrogen-bond donors (Lipinski definition) is 1. The number of thiazole rings is 1. The van der Waals surface area contributed by atoms with Crippen molar-refractivity contribution in [3.63, 3.8) is 0 Å². The fourth-order valence-electron chi connectivity index (χ4n) is 3.16. The van der Waals surface area contributed by atoms with Crippen molar-refractivity contribution >= 4 is 16.5 Å². The van der Waals surface area contributed by atoms with E-state index in [2.05, 4.69) is 31.0 Å². The Bertz CT molecular complexity index is 462. The molecule has 3 rings (SSSR count). The van der Waals surface area contributed by atoms with E-state index in [1.807, 2.05) is 11.3 Å². The van der Waals surface area contributed by atoms with Gasteiger partial charge in [0, 0.05) is 24.5 Å². The predicted octanol–water partition coefficient (Wildman–Crippen LogP) is 2.82. The van der Waals surface area contributed by atoms with E-state index < -0.39 is 0 Å². The molecule has 0 aliphatic carbocycles. The molecule has 2 aliphatic heterocycles. The second-order valence-corrected chi connectivity index (χ2v) is 7.67. The molecule has 2 saturated heterocycles. The Hall–Kier alpha value is -0.650. The van der Waals surface area contributed by atoms with Crippen molar-refractivity contribution in [3.8, 4) is 0 Å². The van der Waals surface area contributed by atoms with E-state index in [1.54, 1.807) is 0 Å². The first-order chi connectivity index (χ1) is 10.2. The van der Waals surface area contributed by atoms with Crippen molar-refractivity contribution < 1.29 is 4.74 Å². The van der Waals surface area contributed by atoms with Gasteiger partial charge in [-0.2, -0.15) is 0 Å². The molecule has 0 amide bonds. The highest BCUT2D eigenvalue weighted by molar-refractivity contribution is 7.15. The van der Waals surface area contributed by atoms with E-state index in [0.717, 1.165) is 32.6 Å². The van der Waals surface area contributed by atoms with Crippen LogP contribution in [-0.2, 0) is 17.7 Å². The number of ether oxygens (including phenoxy) is 1. The molecule has 118 valence electrons. The summed E-state index contributed by atoms with van der Waals surface area (Å²) in [4.78, 5) is 8.75. The van der Waals surface area contributed by atoms with Gasteiger partial charge in [0.15, 0.2) is 5.13 Å². The number of rotatable bonds is 6. The maximum atomic E-state index is 5.93. The van der Waals surface area contributed by atoms with Gasteiger partial charge in [0.25, 0.3) is 0 Å². The predicted molar refractivity (Wildman–Crippen MR) is 88.1 cm³/mol. The number of morpholine rings is 1. The fraction of sp³-hybridized carbons (Fsp3) is 0.812. The number of anilines is 1. The summed E-state index contributed by atoms with van der Waals surface area (Å²) in [5.74, 6) is 0.692. The van der Waals surface area contributed by atoms with Crippen molar-refractivity contribution in [2.75, 3.05) is 24.5 Å². The molecular weight excluding hydrogens is 282 g/mol. The second kappa shape index (κ2) is 6.63. The van der Waals surface area contributed by atoms with Crippen LogP contribution in [-0.4, -0.2) is 36.8 Å². The van der Waals surface area contributed by atoms with Crippen molar-refractivity contribution in [1.82, 2.24) is 10.3 Å². The summed E-state index contributed by atoms with van der Waals surface area (Å²) in [6.45, 7) is 10.8. The minimum atomic E-state index is 0.431. The molecule has 4 nitrogen and oxygen atoms in total. The van der Waals surface area contributed by atoms with Gasteiger partial charge in [-0.1, -0.05) is 20.8 Å². The highest BCUT2D eigenvalue weighted by atomic mass is 32.1. The molecule has 2 bridgehead atoms. The molecule has 0 aromatic carbocycles. The summed E-state index contributed by atoms with van der Waals surface area (Å²) in [6, 6.07) is 0. The molecule has 21 heavy (non-hydrogen) atoms. The second-order valence-electron chi connectivity index (χ2n) is 6.61. The van der Waals surface area contributed by atoms with Gasteiger partial charge in [-0.3, -0.25) is 0 Å². The van der Waals surface area contributed by atoms with Crippen LogP contribution in [0.2, 0.25) is 0 Å². The molecule has 2 fully saturated rings. The third kappa shape index (κ3) is 3.58. The first kappa shape index (κ1) is 15.3. The molecule has 2 aliphatic rings. The van der Waals surface area contributed by atoms with Gasteiger partial charge in [0.05, 0.1) is 17.9 Å². The Labute approximate surface area is 131 Å². The molecule has 0 saturated carbocycles. The van der Waals surface area contributed by atoms with E-state index in [-0.39, 0.29) is 0 Å². The number of hydrogen-bond acceptors (Lipinski definition) is 5. The van der Waals surface area contributed by atoms with Crippen LogP contribution in [0.25, 0.3) is 0 Å². The maximum Gasteiger partial charge on any atom is 0.186 e. The van der Waals surface area contributed by atoms with Crippen molar-refractivity contribution in [3.05, 3.63) is 10.6 Å². The zero-order chi connectivity index (χ0) is 14.8. The van der Waals surface area contributed by atoms with Crippen molar-refractivity contribution in [2.24, 2.45) is 5.92 Å². The zero-order valence-electron chi connectivity index (χ0n) is 13.4. The highest BCUT2D eigenvalue weighted by Crippen LogP contribution is 2.33. The van der Waals surface area contributed by atoms with Crippen LogP contribution in [0.15, 0.2) is 0 Å². The fourth-order valence-corrected chi connectivity index (χ4v) is 4.30. The van der Waals surface area contributed by atoms with Crippen LogP contribution < -0.4 is 10.2 Å². The summed E-state index contributed by atoms with van der Waals surface area (Å²) >= 11 is 1.87. The highest BCUT2D eigenvalue weighted by Gasteiger charge is 2.35. The van der Waals surface area contributed by atoms with Crippen LogP contribution in [0.5, 0.6) is 0 Å². The van der Waals surface area contributed by atoms with Crippen LogP contribution in [0.1, 0.15) is 44.2 Å². The van der Waals surface area contributed by atoms with Crippen molar-refractivity contribution in [1.29, 1.82) is 0 Å². The first-order valence-electron chi connectivity index (χ1n) is 8.25. The Morgan fingerprint density at radius 1 is 1.33 bits per heavy atom. The number of aryl methyl sites for hydroxylation is 1. The molecule has 3 heterocycles. The molecule has 1 aromatic rings. The summed E-state index contributed by atoms with van der Waals surface area (Å²) in [7, 11) is 0. The monoisotopic (exact) mass is 309 g/mol. The minimum Gasteiger partial charge on any atom is -0.371 e. The Morgan fingerprint density at radius 2 is 2.05 bits per heavy atom. The van der Waals surface area contributed by atoms with Gasteiger partial charge < -0.3 is 15.0 Å². The van der Waals surface area contributed by atoms with E-state index in [9.17, 15) is 0 Å². The lowest BCUT2D eigenvalue weighted by Crippen LogP contribution is -2.42. The average molecular weight is 309 g/mol. The van der Waals surface area contributed by atoms with Gasteiger partial charge in [0.2, 0.25) is 0 Å². The first-order valence-corrected chi connectivity index (χ1v) is 9.07. The summed E-state index contributed by atoms with van der Waals surface area (Å²) in [5.41, 5.74) is 1.27. The van der Waals surface area contributed by atoms with E-state index in [1.165, 1.54) is 28.5 Å². The van der Waals surface area contributed by atoms with Crippen LogP contribution in [0.4, 0.5) is 5.13 Å². The molecule has 2 unspecified atom stereocenters. The third-order valence-electron chi connectivity index (χ3n) is 4.25. The number of nitrogens with zero attached hydrogens (tertiary/aromatic N) is 2. The summed E-state index contributed by atoms with van der Waals surface area (Å²) in [5, 5.41) is 4.75. The van der Waals surface area contributed by atoms with Crippen LogP contribution in [0.3, 0.4) is 0 Å². The maximum absolute atomic E-state index is 5.93.